The van der Waals surface area contributed by atoms with Gasteiger partial charge in [-0.25, -0.2) is 9.78 Å². The van der Waals surface area contributed by atoms with Gasteiger partial charge in [0.2, 0.25) is 0 Å². The van der Waals surface area contributed by atoms with E-state index in [4.69, 9.17) is 5.73 Å². The Morgan fingerprint density at radius 3 is 2.65 bits per heavy atom. The van der Waals surface area contributed by atoms with E-state index in [0.717, 1.165) is 37.7 Å². The minimum absolute atomic E-state index is 0.244. The molecule has 2 N–H and O–H groups in total. The summed E-state index contributed by atoms with van der Waals surface area (Å²) < 4.78 is 0. The second-order valence-electron chi connectivity index (χ2n) is 5.05. The number of nitrogens with zero attached hydrogens (tertiary/aromatic N) is 2. The molecule has 0 radical (unpaired) electrons. The van der Waals surface area contributed by atoms with Crippen molar-refractivity contribution in [1.29, 1.82) is 0 Å². The van der Waals surface area contributed by atoms with Crippen LogP contribution in [0.25, 0.3) is 0 Å². The highest BCUT2D eigenvalue weighted by molar-refractivity contribution is 5.73. The Kier molecular flexibility index (Phi) is 4.91. The van der Waals surface area contributed by atoms with Crippen molar-refractivity contribution in [3.63, 3.8) is 0 Å². The van der Waals surface area contributed by atoms with Gasteiger partial charge in [-0.05, 0) is 25.0 Å². The van der Waals surface area contributed by atoms with E-state index >= 15 is 0 Å². The highest BCUT2D eigenvalue weighted by Crippen LogP contribution is 2.29. The molecule has 1 aliphatic carbocycles. The lowest BCUT2D eigenvalue weighted by Crippen LogP contribution is -2.44. The number of hydrogen-bond acceptors (Lipinski definition) is 5. The zero-order valence-corrected chi connectivity index (χ0v) is 11.4. The third-order valence-corrected chi connectivity index (χ3v) is 3.74. The van der Waals surface area contributed by atoms with Gasteiger partial charge in [0.25, 0.3) is 0 Å². The molecule has 5 nitrogen and oxygen atoms in total. The zero-order chi connectivity index (χ0) is 14.4. The van der Waals surface area contributed by atoms with Gasteiger partial charge in [0.1, 0.15) is 24.1 Å². The number of carbonyl (C=O) groups excluding carboxylic acids is 2. The maximum absolute atomic E-state index is 11.3. The molecule has 1 aromatic heterocycles. The molecule has 0 aromatic carbocycles. The van der Waals surface area contributed by atoms with Gasteiger partial charge in [-0.1, -0.05) is 19.3 Å². The molecule has 0 amide bonds. The fourth-order valence-electron chi connectivity index (χ4n) is 2.79. The predicted molar refractivity (Wildman–Crippen MR) is 78.1 cm³/mol. The van der Waals surface area contributed by atoms with Crippen LogP contribution in [0.2, 0.25) is 0 Å². The van der Waals surface area contributed by atoms with Gasteiger partial charge in [0, 0.05) is 12.1 Å². The number of aromatic nitrogens is 1. The molecule has 5 heteroatoms. The van der Waals surface area contributed by atoms with E-state index in [9.17, 15) is 9.59 Å². The van der Waals surface area contributed by atoms with Gasteiger partial charge in [-0.15, -0.1) is 0 Å². The molecule has 1 saturated carbocycles. The fourth-order valence-corrected chi connectivity index (χ4v) is 2.79. The van der Waals surface area contributed by atoms with E-state index in [-0.39, 0.29) is 6.04 Å². The standard InChI is InChI=1S/C15H19N3O2/c16-15-7-6-13(10-17-15)18(14(11-20)8-9-19)12-4-2-1-3-5-12/h6-8,10-12,14H,1-5H2,(H2,16,17)/t14-/m0/s1. The summed E-state index contributed by atoms with van der Waals surface area (Å²) >= 11 is 0. The highest BCUT2D eigenvalue weighted by Gasteiger charge is 2.27. The normalized spacial score (nSPS) is 17.0. The smallest absolute Gasteiger partial charge is 0.147 e. The first-order valence-electron chi connectivity index (χ1n) is 6.92. The Morgan fingerprint density at radius 1 is 1.35 bits per heavy atom. The van der Waals surface area contributed by atoms with Gasteiger partial charge in [-0.2, -0.15) is 0 Å². The second kappa shape index (κ2) is 6.87. The quantitative estimate of drug-likeness (QED) is 0.653. The first-order chi connectivity index (χ1) is 9.76. The first-order valence-corrected chi connectivity index (χ1v) is 6.92. The van der Waals surface area contributed by atoms with Crippen molar-refractivity contribution in [2.45, 2.75) is 44.2 Å². The molecule has 0 spiro atoms. The molecule has 1 aromatic rings. The molecule has 0 bridgehead atoms. The summed E-state index contributed by atoms with van der Waals surface area (Å²) in [5, 5.41) is 0. The number of nitrogen functional groups attached to an aromatic ring is 1. The van der Waals surface area contributed by atoms with Gasteiger partial charge >= 0.3 is 0 Å². The molecule has 1 heterocycles. The van der Waals surface area contributed by atoms with Crippen LogP contribution < -0.4 is 10.6 Å². The van der Waals surface area contributed by atoms with Gasteiger partial charge in [0.05, 0.1) is 11.9 Å². The molecule has 20 heavy (non-hydrogen) atoms. The molecule has 106 valence electrons. The molecule has 0 saturated heterocycles. The predicted octanol–water partition coefficient (Wildman–Crippen LogP) is 1.76. The van der Waals surface area contributed by atoms with E-state index in [1.165, 1.54) is 12.5 Å². The minimum atomic E-state index is -0.596. The van der Waals surface area contributed by atoms with Gasteiger partial charge in [-0.3, -0.25) is 0 Å². The van der Waals surface area contributed by atoms with Crippen LogP contribution in [0.5, 0.6) is 0 Å². The first kappa shape index (κ1) is 14.3. The van der Waals surface area contributed by atoms with Gasteiger partial charge < -0.3 is 15.4 Å². The lowest BCUT2D eigenvalue weighted by molar-refractivity contribution is -0.108. The molecule has 0 aliphatic heterocycles. The maximum Gasteiger partial charge on any atom is 0.147 e. The maximum atomic E-state index is 11.3. The van der Waals surface area contributed by atoms with Crippen LogP contribution in [0.15, 0.2) is 24.4 Å². The van der Waals surface area contributed by atoms with Crippen LogP contribution in [0.1, 0.15) is 32.1 Å². The van der Waals surface area contributed by atoms with Crippen LogP contribution in [0, 0.1) is 0 Å². The molecular formula is C15H19N3O2. The molecule has 2 rings (SSSR count). The van der Waals surface area contributed by atoms with Crippen LogP contribution in [0.4, 0.5) is 11.5 Å². The van der Waals surface area contributed by atoms with Crippen LogP contribution in [-0.2, 0) is 9.59 Å². The van der Waals surface area contributed by atoms with Crippen molar-refractivity contribution in [3.8, 4) is 0 Å². The number of carbonyl (C=O) groups is 1. The van der Waals surface area contributed by atoms with Crippen LogP contribution in [-0.4, -0.2) is 29.3 Å². The number of aldehydes is 1. The Balaban J connectivity index is 2.33. The van der Waals surface area contributed by atoms with E-state index in [2.05, 4.69) is 4.98 Å². The number of nitrogens with two attached hydrogens (primary N) is 1. The summed E-state index contributed by atoms with van der Waals surface area (Å²) in [5.74, 6) is 2.16. The van der Waals surface area contributed by atoms with Crippen LogP contribution >= 0.6 is 0 Å². The summed E-state index contributed by atoms with van der Waals surface area (Å²) in [5.41, 5.74) is 6.42. The minimum Gasteiger partial charge on any atom is -0.384 e. The van der Waals surface area contributed by atoms with Crippen LogP contribution in [0.3, 0.4) is 0 Å². The van der Waals surface area contributed by atoms with E-state index in [0.29, 0.717) is 5.82 Å². The molecule has 1 aliphatic rings. The number of pyridine rings is 1. The number of rotatable bonds is 5. The lowest BCUT2D eigenvalue weighted by Gasteiger charge is -2.38. The summed E-state index contributed by atoms with van der Waals surface area (Å²) in [6.07, 6.45) is 9.22. The summed E-state index contributed by atoms with van der Waals surface area (Å²) in [7, 11) is 0. The molecular weight excluding hydrogens is 254 g/mol. The average molecular weight is 273 g/mol. The van der Waals surface area contributed by atoms with Crippen molar-refractivity contribution in [2.75, 3.05) is 10.6 Å². The topological polar surface area (TPSA) is 76.3 Å². The monoisotopic (exact) mass is 273 g/mol. The largest absolute Gasteiger partial charge is 0.384 e. The second-order valence-corrected chi connectivity index (χ2v) is 5.05. The summed E-state index contributed by atoms with van der Waals surface area (Å²) in [6, 6.07) is 3.19. The molecule has 0 unspecified atom stereocenters. The Labute approximate surface area is 118 Å². The van der Waals surface area contributed by atoms with Crippen molar-refractivity contribution in [1.82, 2.24) is 4.98 Å². The highest BCUT2D eigenvalue weighted by atomic mass is 16.1. The number of anilines is 2. The molecule has 1 atom stereocenters. The van der Waals surface area contributed by atoms with Crippen molar-refractivity contribution in [2.24, 2.45) is 0 Å². The summed E-state index contributed by atoms with van der Waals surface area (Å²) in [4.78, 5) is 28.0. The average Bonchev–Trinajstić information content (AvgIpc) is 2.49. The van der Waals surface area contributed by atoms with E-state index in [1.807, 2.05) is 11.0 Å². The fraction of sp³-hybridized carbons (Fsp3) is 0.467. The zero-order valence-electron chi connectivity index (χ0n) is 11.4. The van der Waals surface area contributed by atoms with E-state index in [1.54, 1.807) is 18.2 Å². The van der Waals surface area contributed by atoms with E-state index < -0.39 is 6.04 Å². The van der Waals surface area contributed by atoms with Gasteiger partial charge in [0.15, 0.2) is 0 Å². The number of hydrogen-bond donors (Lipinski definition) is 1. The van der Waals surface area contributed by atoms with Crippen molar-refractivity contribution < 1.29 is 9.59 Å². The third kappa shape index (κ3) is 3.25. The molecule has 1 fully saturated rings. The SMILES string of the molecule is Nc1ccc(N(C2CCCCC2)[C@H](C=O)C=C=O)cn1. The Hall–Kier alpha value is -2.13. The Morgan fingerprint density at radius 2 is 2.10 bits per heavy atom. The lowest BCUT2D eigenvalue weighted by atomic mass is 9.93. The van der Waals surface area contributed by atoms with Crippen molar-refractivity contribution in [3.05, 3.63) is 24.4 Å². The van der Waals surface area contributed by atoms with Crippen molar-refractivity contribution >= 4 is 23.7 Å². The summed E-state index contributed by atoms with van der Waals surface area (Å²) in [6.45, 7) is 0. The third-order valence-electron chi connectivity index (χ3n) is 3.74. The Bertz CT molecular complexity index is 488.